The second kappa shape index (κ2) is 10.3. The Hall–Kier alpha value is -5.59. The van der Waals surface area contributed by atoms with E-state index in [0.29, 0.717) is 40.4 Å². The molecule has 5 rings (SSSR count). The van der Waals surface area contributed by atoms with Crippen LogP contribution in [0.4, 0.5) is 5.95 Å². The van der Waals surface area contributed by atoms with Crippen LogP contribution in [0.3, 0.4) is 0 Å². The van der Waals surface area contributed by atoms with Gasteiger partial charge in [-0.3, -0.25) is 4.57 Å². The Balaban J connectivity index is 1.40. The highest BCUT2D eigenvalue weighted by Gasteiger charge is 2.18. The van der Waals surface area contributed by atoms with E-state index in [9.17, 15) is 14.5 Å². The molecule has 1 atom stereocenters. The minimum absolute atomic E-state index is 0.126. The van der Waals surface area contributed by atoms with E-state index in [-0.39, 0.29) is 23.3 Å². The van der Waals surface area contributed by atoms with E-state index < -0.39 is 11.7 Å². The molecule has 5 aromatic rings. The third-order valence-corrected chi connectivity index (χ3v) is 6.47. The lowest BCUT2D eigenvalue weighted by molar-refractivity contribution is 0.0697. The fourth-order valence-electron chi connectivity index (χ4n) is 4.24. The third kappa shape index (κ3) is 4.82. The summed E-state index contributed by atoms with van der Waals surface area (Å²) in [6.45, 7) is 10.5. The van der Waals surface area contributed by atoms with Gasteiger partial charge in [0.25, 0.3) is 11.7 Å². The van der Waals surface area contributed by atoms with Crippen molar-refractivity contribution in [3.63, 3.8) is 0 Å². The van der Waals surface area contributed by atoms with Crippen LogP contribution in [0.1, 0.15) is 45.8 Å². The maximum atomic E-state index is 11.8. The van der Waals surface area contributed by atoms with E-state index >= 15 is 0 Å². The lowest BCUT2D eigenvalue weighted by Gasteiger charge is -2.19. The monoisotopic (exact) mass is 540 g/mol. The first-order chi connectivity index (χ1) is 19.2. The predicted molar refractivity (Wildman–Crippen MR) is 148 cm³/mol. The van der Waals surface area contributed by atoms with Crippen molar-refractivity contribution < 1.29 is 14.3 Å². The van der Waals surface area contributed by atoms with Gasteiger partial charge < -0.3 is 20.2 Å². The van der Waals surface area contributed by atoms with Crippen LogP contribution in [0.25, 0.3) is 28.3 Å². The van der Waals surface area contributed by atoms with Crippen LogP contribution in [0.2, 0.25) is 0 Å². The Labute approximate surface area is 226 Å². The lowest BCUT2D eigenvalue weighted by Crippen LogP contribution is -2.19. The van der Waals surface area contributed by atoms with Crippen LogP contribution < -0.4 is 16.4 Å². The number of carbonyl (C=O) groups is 1. The number of fused-ring (bicyclic) bond motifs is 2. The summed E-state index contributed by atoms with van der Waals surface area (Å²) in [5, 5.41) is 26.4. The Morgan fingerprint density at radius 3 is 2.58 bits per heavy atom. The van der Waals surface area contributed by atoms with E-state index in [1.54, 1.807) is 31.3 Å². The molecule has 202 valence electrons. The Morgan fingerprint density at radius 1 is 1.12 bits per heavy atom. The molecule has 13 nitrogen and oxygen atoms in total. The number of rotatable bonds is 10. The minimum atomic E-state index is -1.01. The van der Waals surface area contributed by atoms with Gasteiger partial charge >= 0.3 is 11.7 Å². The van der Waals surface area contributed by atoms with Crippen molar-refractivity contribution in [1.29, 1.82) is 0 Å². The van der Waals surface area contributed by atoms with Crippen LogP contribution in [0.5, 0.6) is 0 Å². The second-order valence-corrected chi connectivity index (χ2v) is 9.09. The molecule has 3 aromatic heterocycles. The number of aromatic nitrogens is 5. The molecule has 0 saturated carbocycles. The van der Waals surface area contributed by atoms with E-state index in [0.717, 1.165) is 11.1 Å². The maximum absolute atomic E-state index is 11.8. The van der Waals surface area contributed by atoms with E-state index in [4.69, 9.17) is 9.52 Å². The molecule has 13 heteroatoms. The highest BCUT2D eigenvalue weighted by molar-refractivity contribution is 5.87. The number of hydrogen-bond acceptors (Lipinski definition) is 10. The molecule has 3 heterocycles. The Bertz CT molecular complexity index is 1870. The quantitative estimate of drug-likeness (QED) is 0.222. The number of carboxylic acid groups (broad SMARTS) is 1. The summed E-state index contributed by atoms with van der Waals surface area (Å²) in [5.41, 5.74) is 4.82. The molecule has 0 aliphatic heterocycles. The average Bonchev–Trinajstić information content (AvgIpc) is 3.50. The van der Waals surface area contributed by atoms with Gasteiger partial charge in [0, 0.05) is 24.8 Å². The molecule has 0 aliphatic carbocycles. The molecule has 2 aromatic carbocycles. The number of nitrogens with zero attached hydrogens (tertiary/aromatic N) is 6. The molecule has 0 radical (unpaired) electrons. The molecule has 0 unspecified atom stereocenters. The first kappa shape index (κ1) is 26.0. The molecular weight excluding hydrogens is 516 g/mol. The smallest absolute Gasteiger partial charge is 0.419 e. The molecule has 40 heavy (non-hydrogen) atoms. The van der Waals surface area contributed by atoms with Gasteiger partial charge in [-0.2, -0.15) is 0 Å². The van der Waals surface area contributed by atoms with Crippen molar-refractivity contribution in [2.24, 2.45) is 12.2 Å². The van der Waals surface area contributed by atoms with Crippen molar-refractivity contribution in [1.82, 2.24) is 34.8 Å². The number of nitroso groups, excluding NO2 is 1. The number of oxazole rings is 1. The van der Waals surface area contributed by atoms with Crippen molar-refractivity contribution in [2.45, 2.75) is 19.5 Å². The molecule has 3 N–H and O–H groups in total. The van der Waals surface area contributed by atoms with Crippen molar-refractivity contribution in [2.75, 3.05) is 0 Å². The van der Waals surface area contributed by atoms with Gasteiger partial charge in [-0.05, 0) is 48.4 Å². The number of carboxylic acids is 1. The van der Waals surface area contributed by atoms with Gasteiger partial charge in [0.1, 0.15) is 0 Å². The highest BCUT2D eigenvalue weighted by atomic mass is 16.4. The van der Waals surface area contributed by atoms with Crippen LogP contribution >= 0.6 is 0 Å². The minimum Gasteiger partial charge on any atom is -0.478 e. The standard InChI is InChI=1S/C27H24N8O5/c1-14(18-6-8-19(9-7-18)24(36)37)29-16(3)21-12-20(30-25-31-32-26(33-39)35(21)25)15(2)28-13-17-5-10-23-22(11-17)34(4)27(38)40-23/h5-12,14,28-29H,2-3,13H2,1,4H3,(H,36,37)/t14-/m1/s1. The molecule has 0 spiro atoms. The summed E-state index contributed by atoms with van der Waals surface area (Å²) < 4.78 is 7.99. The Morgan fingerprint density at radius 2 is 1.88 bits per heavy atom. The fourth-order valence-corrected chi connectivity index (χ4v) is 4.24. The lowest BCUT2D eigenvalue weighted by atomic mass is 10.1. The number of hydrogen-bond donors (Lipinski definition) is 3. The normalized spacial score (nSPS) is 11.8. The van der Waals surface area contributed by atoms with Crippen molar-refractivity contribution in [3.05, 3.63) is 105 Å². The first-order valence-electron chi connectivity index (χ1n) is 12.1. The van der Waals surface area contributed by atoms with Crippen LogP contribution in [-0.2, 0) is 13.6 Å². The summed E-state index contributed by atoms with van der Waals surface area (Å²) in [4.78, 5) is 38.9. The summed E-state index contributed by atoms with van der Waals surface area (Å²) in [6, 6.07) is 13.3. The summed E-state index contributed by atoms with van der Waals surface area (Å²) in [5.74, 6) is -1.51. The summed E-state index contributed by atoms with van der Waals surface area (Å²) in [6.07, 6.45) is 0. The van der Waals surface area contributed by atoms with Crippen LogP contribution in [0.15, 0.2) is 76.1 Å². The van der Waals surface area contributed by atoms with E-state index in [2.05, 4.69) is 44.1 Å². The molecule has 0 saturated heterocycles. The van der Waals surface area contributed by atoms with E-state index in [1.165, 1.54) is 21.1 Å². The topological polar surface area (TPSA) is 169 Å². The highest BCUT2D eigenvalue weighted by Crippen LogP contribution is 2.24. The van der Waals surface area contributed by atoms with E-state index in [1.807, 2.05) is 19.1 Å². The zero-order valence-electron chi connectivity index (χ0n) is 21.6. The van der Waals surface area contributed by atoms with Gasteiger partial charge in [0.15, 0.2) is 5.58 Å². The van der Waals surface area contributed by atoms with Crippen LogP contribution in [-0.4, -0.2) is 35.2 Å². The largest absolute Gasteiger partial charge is 0.478 e. The van der Waals surface area contributed by atoms with Gasteiger partial charge in [-0.15, -0.1) is 15.1 Å². The second-order valence-electron chi connectivity index (χ2n) is 9.09. The number of aromatic carboxylic acids is 1. The van der Waals surface area contributed by atoms with Crippen molar-refractivity contribution in [3.8, 4) is 0 Å². The zero-order valence-corrected chi connectivity index (χ0v) is 21.6. The average molecular weight is 541 g/mol. The molecular formula is C27H24N8O5. The number of aryl methyl sites for hydroxylation is 1. The number of benzene rings is 2. The SMILES string of the molecule is C=C(NCc1ccc2oc(=O)n(C)c2c1)c1cc(C(=C)N[C@H](C)c2ccc(C(=O)O)cc2)n2c(N=O)nnc2n1. The molecule has 0 fully saturated rings. The molecule has 0 aliphatic rings. The summed E-state index contributed by atoms with van der Waals surface area (Å²) >= 11 is 0. The fraction of sp³-hybridized carbons (Fsp3) is 0.148. The molecule has 0 amide bonds. The van der Waals surface area contributed by atoms with Gasteiger partial charge in [0.05, 0.1) is 33.9 Å². The van der Waals surface area contributed by atoms with Crippen LogP contribution in [0, 0.1) is 4.91 Å². The predicted octanol–water partition coefficient (Wildman–Crippen LogP) is 3.75. The van der Waals surface area contributed by atoms with Gasteiger partial charge in [0.2, 0.25) is 0 Å². The zero-order chi connectivity index (χ0) is 28.6. The first-order valence-corrected chi connectivity index (χ1v) is 12.1. The number of nitrogens with one attached hydrogen (secondary N) is 2. The summed E-state index contributed by atoms with van der Waals surface area (Å²) in [7, 11) is 1.64. The van der Waals surface area contributed by atoms with Gasteiger partial charge in [-0.25, -0.2) is 19.0 Å². The maximum Gasteiger partial charge on any atom is 0.419 e. The third-order valence-electron chi connectivity index (χ3n) is 6.47. The van der Waals surface area contributed by atoms with Crippen molar-refractivity contribution >= 4 is 40.2 Å². The Kier molecular flexibility index (Phi) is 6.69. The molecule has 0 bridgehead atoms. The van der Waals surface area contributed by atoms with Gasteiger partial charge in [-0.1, -0.05) is 31.4 Å².